The van der Waals surface area contributed by atoms with Gasteiger partial charge in [0.05, 0.1) is 11.0 Å². The second-order valence-electron chi connectivity index (χ2n) is 5.81. The lowest BCUT2D eigenvalue weighted by Crippen LogP contribution is -2.12. The lowest BCUT2D eigenvalue weighted by atomic mass is 10.2. The molecule has 0 amide bonds. The third kappa shape index (κ3) is 9.30. The molecule has 0 saturated carbocycles. The maximum Gasteiger partial charge on any atom is 0.297 e. The zero-order chi connectivity index (χ0) is 18.9. The number of hydrogen-bond acceptors (Lipinski definition) is 6. The minimum Gasteiger partial charge on any atom is -0.264 e. The van der Waals surface area contributed by atoms with Crippen LogP contribution >= 0.6 is 21.6 Å². The van der Waals surface area contributed by atoms with Crippen molar-refractivity contribution in [2.45, 2.75) is 55.9 Å². The number of rotatable bonds is 6. The third-order valence-electron chi connectivity index (χ3n) is 2.59. The monoisotopic (exact) mass is 399 g/mol. The molecular formula is C18H25NO3S3. The molecule has 0 atom stereocenters. The maximum atomic E-state index is 11.5. The van der Waals surface area contributed by atoms with Crippen molar-refractivity contribution in [3.8, 4) is 0 Å². The summed E-state index contributed by atoms with van der Waals surface area (Å²) in [6, 6.07) is 12.6. The minimum atomic E-state index is -3.58. The fraction of sp³-hybridized carbons (Fsp3) is 0.389. The standard InChI is InChI=1S/C10H14O3S.C8H11NS2/c1-8(2)13-14(11,12)10-6-4-9(3)5-7-10;1-7(2)10-11-8-5-3-4-6-9-8/h4-8H,1-3H3;3-7H,1-2H3. The van der Waals surface area contributed by atoms with E-state index >= 15 is 0 Å². The highest BCUT2D eigenvalue weighted by Crippen LogP contribution is 2.32. The molecule has 2 aromatic rings. The molecule has 0 unspecified atom stereocenters. The van der Waals surface area contributed by atoms with Crippen LogP contribution in [0.1, 0.15) is 33.3 Å². The van der Waals surface area contributed by atoms with Crippen molar-refractivity contribution in [3.05, 3.63) is 54.2 Å². The highest BCUT2D eigenvalue weighted by atomic mass is 33.1. The molecule has 0 aliphatic heterocycles. The van der Waals surface area contributed by atoms with Crippen molar-refractivity contribution in [2.24, 2.45) is 0 Å². The van der Waals surface area contributed by atoms with E-state index in [2.05, 4.69) is 18.8 Å². The Morgan fingerprint density at radius 1 is 1.00 bits per heavy atom. The fourth-order valence-corrected chi connectivity index (χ4v) is 4.34. The van der Waals surface area contributed by atoms with Crippen molar-refractivity contribution < 1.29 is 12.6 Å². The highest BCUT2D eigenvalue weighted by molar-refractivity contribution is 8.76. The third-order valence-corrected chi connectivity index (χ3v) is 6.93. The molecule has 138 valence electrons. The second kappa shape index (κ2) is 10.9. The lowest BCUT2D eigenvalue weighted by Gasteiger charge is -2.08. The first kappa shape index (κ1) is 22.0. The first-order valence-corrected chi connectivity index (χ1v) is 11.6. The van der Waals surface area contributed by atoms with Crippen molar-refractivity contribution in [1.29, 1.82) is 0 Å². The smallest absolute Gasteiger partial charge is 0.264 e. The van der Waals surface area contributed by atoms with E-state index in [1.54, 1.807) is 48.9 Å². The largest absolute Gasteiger partial charge is 0.297 e. The summed E-state index contributed by atoms with van der Waals surface area (Å²) in [5, 5.41) is 1.74. The van der Waals surface area contributed by atoms with Crippen LogP contribution in [-0.2, 0) is 14.3 Å². The van der Waals surface area contributed by atoms with Gasteiger partial charge in [-0.2, -0.15) is 8.42 Å². The second-order valence-corrected chi connectivity index (χ2v) is 10.2. The van der Waals surface area contributed by atoms with Gasteiger partial charge >= 0.3 is 0 Å². The molecule has 0 spiro atoms. The Morgan fingerprint density at radius 2 is 1.64 bits per heavy atom. The van der Waals surface area contributed by atoms with Gasteiger partial charge in [0.2, 0.25) is 0 Å². The summed E-state index contributed by atoms with van der Waals surface area (Å²) in [4.78, 5) is 4.40. The molecule has 0 aliphatic carbocycles. The van der Waals surface area contributed by atoms with Gasteiger partial charge in [-0.1, -0.05) is 48.4 Å². The molecule has 2 rings (SSSR count). The van der Waals surface area contributed by atoms with Crippen LogP contribution in [-0.4, -0.2) is 24.8 Å². The summed E-state index contributed by atoms with van der Waals surface area (Å²) in [7, 11) is -0.00370. The summed E-state index contributed by atoms with van der Waals surface area (Å²) in [5.41, 5.74) is 1.02. The Balaban J connectivity index is 0.000000257. The Labute approximate surface area is 159 Å². The van der Waals surface area contributed by atoms with Crippen LogP contribution in [0.3, 0.4) is 0 Å². The van der Waals surface area contributed by atoms with Gasteiger partial charge in [-0.25, -0.2) is 4.98 Å². The average molecular weight is 400 g/mol. The Morgan fingerprint density at radius 3 is 2.12 bits per heavy atom. The predicted octanol–water partition coefficient (Wildman–Crippen LogP) is 5.34. The van der Waals surface area contributed by atoms with Crippen LogP contribution in [0.4, 0.5) is 0 Å². The van der Waals surface area contributed by atoms with Crippen molar-refractivity contribution in [2.75, 3.05) is 0 Å². The number of pyridine rings is 1. The average Bonchev–Trinajstić information content (AvgIpc) is 2.54. The van der Waals surface area contributed by atoms with Crippen LogP contribution < -0.4 is 0 Å². The van der Waals surface area contributed by atoms with Gasteiger partial charge in [-0.05, 0) is 55.8 Å². The summed E-state index contributed by atoms with van der Waals surface area (Å²) in [5.74, 6) is 0. The van der Waals surface area contributed by atoms with Crippen LogP contribution in [0.25, 0.3) is 0 Å². The predicted molar refractivity (Wildman–Crippen MR) is 107 cm³/mol. The van der Waals surface area contributed by atoms with Crippen LogP contribution in [0.2, 0.25) is 0 Å². The van der Waals surface area contributed by atoms with Gasteiger partial charge in [0.15, 0.2) is 0 Å². The summed E-state index contributed by atoms with van der Waals surface area (Å²) >= 11 is 0. The molecule has 0 saturated heterocycles. The van der Waals surface area contributed by atoms with Gasteiger partial charge in [-0.3, -0.25) is 4.18 Å². The van der Waals surface area contributed by atoms with E-state index in [1.165, 1.54) is 0 Å². The fourth-order valence-electron chi connectivity index (χ4n) is 1.56. The van der Waals surface area contributed by atoms with E-state index in [0.29, 0.717) is 5.25 Å². The Kier molecular flexibility index (Phi) is 9.56. The molecule has 4 nitrogen and oxygen atoms in total. The van der Waals surface area contributed by atoms with Gasteiger partial charge in [0.25, 0.3) is 10.1 Å². The van der Waals surface area contributed by atoms with E-state index < -0.39 is 10.1 Å². The molecule has 0 fully saturated rings. The SMILES string of the molecule is CC(C)SSc1ccccn1.Cc1ccc(S(=O)(=O)OC(C)C)cc1. The molecule has 25 heavy (non-hydrogen) atoms. The highest BCUT2D eigenvalue weighted by Gasteiger charge is 2.16. The van der Waals surface area contributed by atoms with Gasteiger partial charge in [0, 0.05) is 11.4 Å². The van der Waals surface area contributed by atoms with Gasteiger partial charge < -0.3 is 0 Å². The number of hydrogen-bond donors (Lipinski definition) is 0. The van der Waals surface area contributed by atoms with E-state index in [-0.39, 0.29) is 11.0 Å². The summed E-state index contributed by atoms with van der Waals surface area (Å²) < 4.78 is 27.9. The molecular weight excluding hydrogens is 374 g/mol. The van der Waals surface area contributed by atoms with Crippen molar-refractivity contribution >= 4 is 31.7 Å². The van der Waals surface area contributed by atoms with E-state index in [1.807, 2.05) is 42.1 Å². The summed E-state index contributed by atoms with van der Waals surface area (Å²) in [6.45, 7) is 9.64. The number of nitrogens with zero attached hydrogens (tertiary/aromatic N) is 1. The summed E-state index contributed by atoms with van der Waals surface area (Å²) in [6.07, 6.45) is 1.49. The normalized spacial score (nSPS) is 11.3. The van der Waals surface area contributed by atoms with Crippen LogP contribution in [0, 0.1) is 6.92 Å². The first-order valence-electron chi connectivity index (χ1n) is 7.95. The number of benzene rings is 1. The first-order chi connectivity index (χ1) is 11.7. The zero-order valence-electron chi connectivity index (χ0n) is 15.2. The molecule has 0 radical (unpaired) electrons. The minimum absolute atomic E-state index is 0.205. The lowest BCUT2D eigenvalue weighted by molar-refractivity contribution is 0.249. The molecule has 1 aromatic heterocycles. The molecule has 0 N–H and O–H groups in total. The topological polar surface area (TPSA) is 56.3 Å². The Bertz CT molecular complexity index is 715. The van der Waals surface area contributed by atoms with E-state index in [0.717, 1.165) is 10.6 Å². The van der Waals surface area contributed by atoms with Gasteiger partial charge in [0.1, 0.15) is 5.03 Å². The molecule has 1 aromatic carbocycles. The molecule has 0 aliphatic rings. The van der Waals surface area contributed by atoms with E-state index in [4.69, 9.17) is 4.18 Å². The maximum absolute atomic E-state index is 11.5. The van der Waals surface area contributed by atoms with E-state index in [9.17, 15) is 8.42 Å². The number of aromatic nitrogens is 1. The quantitative estimate of drug-likeness (QED) is 0.483. The molecule has 7 heteroatoms. The Hall–Kier alpha value is -1.02. The van der Waals surface area contributed by atoms with Crippen LogP contribution in [0.5, 0.6) is 0 Å². The molecule has 1 heterocycles. The van der Waals surface area contributed by atoms with Gasteiger partial charge in [-0.15, -0.1) is 0 Å². The molecule has 0 bridgehead atoms. The van der Waals surface area contributed by atoms with Crippen LogP contribution in [0.15, 0.2) is 58.6 Å². The zero-order valence-corrected chi connectivity index (χ0v) is 17.6. The number of aryl methyl sites for hydroxylation is 1. The van der Waals surface area contributed by atoms with Crippen molar-refractivity contribution in [3.63, 3.8) is 0 Å². The van der Waals surface area contributed by atoms with Crippen molar-refractivity contribution in [1.82, 2.24) is 4.98 Å².